The molecule has 0 amide bonds. The second kappa shape index (κ2) is 5.90. The molecule has 92 valence electrons. The molecule has 0 unspecified atom stereocenters. The van der Waals surface area contributed by atoms with Crippen LogP contribution in [0.3, 0.4) is 0 Å². The third-order valence-electron chi connectivity index (χ3n) is 3.38. The van der Waals surface area contributed by atoms with Crippen molar-refractivity contribution in [2.75, 3.05) is 6.61 Å². The van der Waals surface area contributed by atoms with Gasteiger partial charge in [-0.1, -0.05) is 38.0 Å². The van der Waals surface area contributed by atoms with Gasteiger partial charge >= 0.3 is 0 Å². The minimum absolute atomic E-state index is 0.841. The first kappa shape index (κ1) is 12.2. The largest absolute Gasteiger partial charge is 0.494 e. The minimum atomic E-state index is 0.841. The summed E-state index contributed by atoms with van der Waals surface area (Å²) in [6, 6.07) is 6.53. The van der Waals surface area contributed by atoms with Gasteiger partial charge in [0, 0.05) is 0 Å². The second-order valence-electron chi connectivity index (χ2n) is 4.91. The fourth-order valence-electron chi connectivity index (χ4n) is 2.31. The molecule has 0 spiro atoms. The standard InChI is InChI=1S/C16H22O/c1-3-4-5-10-17-16-9-8-14-7-6-13(2)11-15(14)12-16/h8-9,12H,2-7,10-11H2,1H3. The van der Waals surface area contributed by atoms with Gasteiger partial charge in [-0.2, -0.15) is 0 Å². The number of allylic oxidation sites excluding steroid dienone is 1. The maximum atomic E-state index is 5.78. The zero-order valence-corrected chi connectivity index (χ0v) is 10.8. The molecule has 1 aliphatic rings. The van der Waals surface area contributed by atoms with E-state index in [9.17, 15) is 0 Å². The lowest BCUT2D eigenvalue weighted by Crippen LogP contribution is -2.05. The van der Waals surface area contributed by atoms with Crippen molar-refractivity contribution in [3.05, 3.63) is 41.5 Å². The zero-order valence-electron chi connectivity index (χ0n) is 10.8. The number of unbranched alkanes of at least 4 members (excludes halogenated alkanes) is 2. The third kappa shape index (κ3) is 3.36. The fourth-order valence-corrected chi connectivity index (χ4v) is 2.31. The summed E-state index contributed by atoms with van der Waals surface area (Å²) in [6.45, 7) is 7.14. The van der Waals surface area contributed by atoms with Gasteiger partial charge in [0.15, 0.2) is 0 Å². The van der Waals surface area contributed by atoms with Crippen molar-refractivity contribution < 1.29 is 4.74 Å². The average molecular weight is 230 g/mol. The number of fused-ring (bicyclic) bond motifs is 1. The number of aryl methyl sites for hydroxylation is 1. The number of rotatable bonds is 5. The van der Waals surface area contributed by atoms with E-state index in [0.717, 1.165) is 38.0 Å². The highest BCUT2D eigenvalue weighted by molar-refractivity contribution is 5.40. The van der Waals surface area contributed by atoms with Gasteiger partial charge in [-0.3, -0.25) is 0 Å². The summed E-state index contributed by atoms with van der Waals surface area (Å²) in [5.74, 6) is 1.02. The van der Waals surface area contributed by atoms with Crippen molar-refractivity contribution >= 4 is 0 Å². The monoisotopic (exact) mass is 230 g/mol. The Kier molecular flexibility index (Phi) is 4.24. The summed E-state index contributed by atoms with van der Waals surface area (Å²) in [7, 11) is 0. The van der Waals surface area contributed by atoms with Crippen molar-refractivity contribution in [2.24, 2.45) is 0 Å². The molecule has 0 radical (unpaired) electrons. The highest BCUT2D eigenvalue weighted by Crippen LogP contribution is 2.27. The average Bonchev–Trinajstić information content (AvgIpc) is 2.34. The molecule has 1 aliphatic carbocycles. The maximum absolute atomic E-state index is 5.78. The van der Waals surface area contributed by atoms with Crippen LogP contribution < -0.4 is 4.74 Å². The Morgan fingerprint density at radius 2 is 2.06 bits per heavy atom. The molecular weight excluding hydrogens is 208 g/mol. The molecule has 0 atom stereocenters. The summed E-state index contributed by atoms with van der Waals surface area (Å²) in [4.78, 5) is 0. The number of ether oxygens (including phenoxy) is 1. The molecule has 0 bridgehead atoms. The van der Waals surface area contributed by atoms with Gasteiger partial charge in [0.05, 0.1) is 6.61 Å². The lowest BCUT2D eigenvalue weighted by atomic mass is 9.89. The Hall–Kier alpha value is -1.24. The summed E-state index contributed by atoms with van der Waals surface area (Å²) >= 11 is 0. The van der Waals surface area contributed by atoms with Crippen LogP contribution in [0.25, 0.3) is 0 Å². The van der Waals surface area contributed by atoms with Crippen LogP contribution >= 0.6 is 0 Å². The van der Waals surface area contributed by atoms with Gasteiger partial charge in [0.25, 0.3) is 0 Å². The van der Waals surface area contributed by atoms with E-state index in [0.29, 0.717) is 0 Å². The van der Waals surface area contributed by atoms with E-state index in [4.69, 9.17) is 4.74 Å². The van der Waals surface area contributed by atoms with E-state index in [1.54, 1.807) is 0 Å². The van der Waals surface area contributed by atoms with Crippen LogP contribution in [0.5, 0.6) is 5.75 Å². The summed E-state index contributed by atoms with van der Waals surface area (Å²) in [5.41, 5.74) is 4.23. The Balaban J connectivity index is 1.95. The zero-order chi connectivity index (χ0) is 12.1. The minimum Gasteiger partial charge on any atom is -0.494 e. The SMILES string of the molecule is C=C1CCc2ccc(OCCCCC)cc2C1. The summed E-state index contributed by atoms with van der Waals surface area (Å²) in [6.07, 6.45) is 6.96. The van der Waals surface area contributed by atoms with Crippen LogP contribution in [-0.2, 0) is 12.8 Å². The van der Waals surface area contributed by atoms with Gasteiger partial charge in [-0.05, 0) is 48.9 Å². The molecule has 1 nitrogen and oxygen atoms in total. The van der Waals surface area contributed by atoms with E-state index in [1.165, 1.54) is 29.5 Å². The highest BCUT2D eigenvalue weighted by Gasteiger charge is 2.12. The van der Waals surface area contributed by atoms with E-state index in [-0.39, 0.29) is 0 Å². The molecule has 2 rings (SSSR count). The first-order valence-corrected chi connectivity index (χ1v) is 6.71. The quantitative estimate of drug-likeness (QED) is 0.541. The van der Waals surface area contributed by atoms with Gasteiger partial charge in [0.1, 0.15) is 5.75 Å². The molecular formula is C16H22O. The second-order valence-corrected chi connectivity index (χ2v) is 4.91. The number of benzene rings is 1. The van der Waals surface area contributed by atoms with Crippen LogP contribution in [0.1, 0.15) is 43.7 Å². The third-order valence-corrected chi connectivity index (χ3v) is 3.38. The fraction of sp³-hybridized carbons (Fsp3) is 0.500. The normalized spacial score (nSPS) is 14.5. The molecule has 0 heterocycles. The lowest BCUT2D eigenvalue weighted by molar-refractivity contribution is 0.306. The van der Waals surface area contributed by atoms with Crippen molar-refractivity contribution in [2.45, 2.75) is 45.4 Å². The van der Waals surface area contributed by atoms with E-state index in [1.807, 2.05) is 0 Å². The Morgan fingerprint density at radius 3 is 2.88 bits per heavy atom. The highest BCUT2D eigenvalue weighted by atomic mass is 16.5. The van der Waals surface area contributed by atoms with Crippen LogP contribution in [-0.4, -0.2) is 6.61 Å². The molecule has 0 saturated heterocycles. The summed E-state index contributed by atoms with van der Waals surface area (Å²) in [5, 5.41) is 0. The maximum Gasteiger partial charge on any atom is 0.119 e. The molecule has 17 heavy (non-hydrogen) atoms. The first-order chi connectivity index (χ1) is 8.29. The number of hydrogen-bond acceptors (Lipinski definition) is 1. The smallest absolute Gasteiger partial charge is 0.119 e. The first-order valence-electron chi connectivity index (χ1n) is 6.71. The Bertz CT molecular complexity index is 393. The lowest BCUT2D eigenvalue weighted by Gasteiger charge is -2.18. The van der Waals surface area contributed by atoms with Gasteiger partial charge in [-0.15, -0.1) is 0 Å². The van der Waals surface area contributed by atoms with Crippen molar-refractivity contribution in [1.82, 2.24) is 0 Å². The van der Waals surface area contributed by atoms with Crippen molar-refractivity contribution in [3.8, 4) is 5.75 Å². The van der Waals surface area contributed by atoms with Crippen LogP contribution in [0.2, 0.25) is 0 Å². The van der Waals surface area contributed by atoms with Crippen LogP contribution in [0.15, 0.2) is 30.4 Å². The van der Waals surface area contributed by atoms with E-state index >= 15 is 0 Å². The van der Waals surface area contributed by atoms with Crippen LogP contribution in [0.4, 0.5) is 0 Å². The van der Waals surface area contributed by atoms with Crippen molar-refractivity contribution in [3.63, 3.8) is 0 Å². The molecule has 1 aromatic rings. The molecule has 0 N–H and O–H groups in total. The molecule has 0 aromatic heterocycles. The predicted molar refractivity (Wildman–Crippen MR) is 72.6 cm³/mol. The van der Waals surface area contributed by atoms with Crippen LogP contribution in [0, 0.1) is 0 Å². The predicted octanol–water partition coefficient (Wildman–Crippen LogP) is 4.30. The molecule has 1 heteroatoms. The molecule has 1 aromatic carbocycles. The van der Waals surface area contributed by atoms with E-state index < -0.39 is 0 Å². The van der Waals surface area contributed by atoms with Gasteiger partial charge < -0.3 is 4.74 Å². The molecule has 0 aliphatic heterocycles. The van der Waals surface area contributed by atoms with Gasteiger partial charge in [-0.25, -0.2) is 0 Å². The van der Waals surface area contributed by atoms with Crippen molar-refractivity contribution in [1.29, 1.82) is 0 Å². The number of hydrogen-bond donors (Lipinski definition) is 0. The molecule has 0 saturated carbocycles. The topological polar surface area (TPSA) is 9.23 Å². The summed E-state index contributed by atoms with van der Waals surface area (Å²) < 4.78 is 5.78. The van der Waals surface area contributed by atoms with E-state index in [2.05, 4.69) is 31.7 Å². The van der Waals surface area contributed by atoms with Gasteiger partial charge in [0.2, 0.25) is 0 Å². The Morgan fingerprint density at radius 1 is 1.18 bits per heavy atom. The molecule has 0 fully saturated rings. The Labute approximate surface area is 104 Å².